The molecule has 0 saturated heterocycles. The SMILES string of the molecule is Clc1cc(Br)cnn1.Clc1cc(C2CC2)cnn1. The van der Waals surface area contributed by atoms with Crippen LogP contribution in [0, 0.1) is 0 Å². The first-order valence-electron chi connectivity index (χ1n) is 5.27. The molecular formula is C11H9BrCl2N4. The molecule has 1 saturated carbocycles. The van der Waals surface area contributed by atoms with Gasteiger partial charge in [-0.3, -0.25) is 0 Å². The first-order valence-corrected chi connectivity index (χ1v) is 6.82. The van der Waals surface area contributed by atoms with Crippen molar-refractivity contribution in [3.63, 3.8) is 0 Å². The monoisotopic (exact) mass is 346 g/mol. The van der Waals surface area contributed by atoms with Crippen molar-refractivity contribution in [2.24, 2.45) is 0 Å². The maximum absolute atomic E-state index is 5.64. The van der Waals surface area contributed by atoms with Crippen LogP contribution in [0.3, 0.4) is 0 Å². The van der Waals surface area contributed by atoms with Gasteiger partial charge in [0.25, 0.3) is 0 Å². The van der Waals surface area contributed by atoms with Crippen LogP contribution in [-0.2, 0) is 0 Å². The highest BCUT2D eigenvalue weighted by molar-refractivity contribution is 9.10. The lowest BCUT2D eigenvalue weighted by Gasteiger charge is -1.93. The van der Waals surface area contributed by atoms with Gasteiger partial charge >= 0.3 is 0 Å². The third kappa shape index (κ3) is 4.48. The van der Waals surface area contributed by atoms with Crippen molar-refractivity contribution < 1.29 is 0 Å². The fourth-order valence-electron chi connectivity index (χ4n) is 1.31. The maximum Gasteiger partial charge on any atom is 0.152 e. The summed E-state index contributed by atoms with van der Waals surface area (Å²) in [6.45, 7) is 0. The molecule has 0 atom stereocenters. The molecule has 1 aliphatic rings. The fourth-order valence-corrected chi connectivity index (χ4v) is 2.08. The molecule has 94 valence electrons. The van der Waals surface area contributed by atoms with Gasteiger partial charge in [0, 0.05) is 4.47 Å². The van der Waals surface area contributed by atoms with Gasteiger partial charge in [-0.15, -0.1) is 10.2 Å². The lowest BCUT2D eigenvalue weighted by molar-refractivity contribution is 0.978. The number of rotatable bonds is 1. The van der Waals surface area contributed by atoms with Gasteiger partial charge < -0.3 is 0 Å². The van der Waals surface area contributed by atoms with Crippen LogP contribution in [0.15, 0.2) is 29.0 Å². The first kappa shape index (κ1) is 13.6. The summed E-state index contributed by atoms with van der Waals surface area (Å²) in [6, 6.07) is 3.57. The summed E-state index contributed by atoms with van der Waals surface area (Å²) in [5, 5.41) is 15.4. The smallest absolute Gasteiger partial charge is 0.152 e. The molecule has 7 heteroatoms. The van der Waals surface area contributed by atoms with E-state index < -0.39 is 0 Å². The fraction of sp³-hybridized carbons (Fsp3) is 0.273. The molecule has 1 fully saturated rings. The quantitative estimate of drug-likeness (QED) is 0.785. The second kappa shape index (κ2) is 6.41. The van der Waals surface area contributed by atoms with Crippen molar-refractivity contribution in [2.75, 3.05) is 0 Å². The minimum atomic E-state index is 0.402. The third-order valence-corrected chi connectivity index (χ3v) is 3.09. The van der Waals surface area contributed by atoms with Gasteiger partial charge in [-0.05, 0) is 52.4 Å². The zero-order valence-corrected chi connectivity index (χ0v) is 12.3. The van der Waals surface area contributed by atoms with Gasteiger partial charge in [0.1, 0.15) is 0 Å². The standard InChI is InChI=1S/C7H7ClN2.C4H2BrClN2/c8-7-3-6(4-9-10-7)5-1-2-5;5-3-1-4(6)8-7-2-3/h3-5H,1-2H2;1-2H. The largest absolute Gasteiger partial charge is 0.157 e. The van der Waals surface area contributed by atoms with E-state index in [9.17, 15) is 0 Å². The molecule has 4 nitrogen and oxygen atoms in total. The van der Waals surface area contributed by atoms with E-state index in [1.165, 1.54) is 18.4 Å². The Morgan fingerprint density at radius 1 is 1.00 bits per heavy atom. The number of hydrogen-bond acceptors (Lipinski definition) is 4. The van der Waals surface area contributed by atoms with Gasteiger partial charge in [0.2, 0.25) is 0 Å². The Hall–Kier alpha value is -0.780. The lowest BCUT2D eigenvalue weighted by atomic mass is 10.2. The summed E-state index contributed by atoms with van der Waals surface area (Å²) in [7, 11) is 0. The Bertz CT molecular complexity index is 517. The Labute approximate surface area is 123 Å². The zero-order chi connectivity index (χ0) is 13.0. The summed E-state index contributed by atoms with van der Waals surface area (Å²) < 4.78 is 0.845. The van der Waals surface area contributed by atoms with Gasteiger partial charge in [-0.2, -0.15) is 10.2 Å². The van der Waals surface area contributed by atoms with Crippen LogP contribution < -0.4 is 0 Å². The molecule has 0 spiro atoms. The Morgan fingerprint density at radius 2 is 1.61 bits per heavy atom. The van der Waals surface area contributed by atoms with Crippen molar-refractivity contribution >= 4 is 39.1 Å². The Kier molecular flexibility index (Phi) is 4.86. The van der Waals surface area contributed by atoms with Crippen LogP contribution in [0.25, 0.3) is 0 Å². The number of hydrogen-bond donors (Lipinski definition) is 0. The average Bonchev–Trinajstić information content (AvgIpc) is 3.13. The number of nitrogens with zero attached hydrogens (tertiary/aromatic N) is 4. The summed E-state index contributed by atoms with van der Waals surface area (Å²) >= 11 is 14.3. The van der Waals surface area contributed by atoms with Crippen LogP contribution in [-0.4, -0.2) is 20.4 Å². The Morgan fingerprint density at radius 3 is 2.06 bits per heavy atom. The van der Waals surface area contributed by atoms with E-state index in [0.717, 1.165) is 4.47 Å². The van der Waals surface area contributed by atoms with E-state index in [2.05, 4.69) is 36.3 Å². The minimum absolute atomic E-state index is 0.402. The first-order chi connectivity index (χ1) is 8.65. The highest BCUT2D eigenvalue weighted by Gasteiger charge is 2.23. The molecule has 0 aliphatic heterocycles. The summed E-state index contributed by atoms with van der Waals surface area (Å²) in [5.74, 6) is 0.716. The molecule has 2 aromatic heterocycles. The molecule has 0 bridgehead atoms. The zero-order valence-electron chi connectivity index (χ0n) is 9.22. The topological polar surface area (TPSA) is 51.6 Å². The van der Waals surface area contributed by atoms with E-state index in [-0.39, 0.29) is 0 Å². The van der Waals surface area contributed by atoms with Crippen molar-refractivity contribution in [2.45, 2.75) is 18.8 Å². The Balaban J connectivity index is 0.000000138. The second-order valence-corrected chi connectivity index (χ2v) is 5.47. The number of halogens is 3. The summed E-state index contributed by atoms with van der Waals surface area (Å²) in [4.78, 5) is 0. The van der Waals surface area contributed by atoms with Crippen LogP contribution in [0.5, 0.6) is 0 Å². The highest BCUT2D eigenvalue weighted by Crippen LogP contribution is 2.39. The van der Waals surface area contributed by atoms with E-state index in [0.29, 0.717) is 16.2 Å². The van der Waals surface area contributed by atoms with E-state index in [4.69, 9.17) is 23.2 Å². The van der Waals surface area contributed by atoms with Crippen molar-refractivity contribution in [3.8, 4) is 0 Å². The average molecular weight is 348 g/mol. The van der Waals surface area contributed by atoms with E-state index in [1.807, 2.05) is 6.07 Å². The van der Waals surface area contributed by atoms with Gasteiger partial charge in [0.05, 0.1) is 12.4 Å². The molecule has 0 aromatic carbocycles. The molecule has 2 heterocycles. The second-order valence-electron chi connectivity index (χ2n) is 3.78. The predicted octanol–water partition coefficient (Wildman–Crippen LogP) is 3.90. The third-order valence-electron chi connectivity index (χ3n) is 2.29. The molecular weight excluding hydrogens is 339 g/mol. The summed E-state index contributed by atoms with van der Waals surface area (Å²) in [6.07, 6.45) is 5.93. The van der Waals surface area contributed by atoms with E-state index >= 15 is 0 Å². The normalized spacial score (nSPS) is 13.7. The van der Waals surface area contributed by atoms with Crippen molar-refractivity contribution in [3.05, 3.63) is 44.9 Å². The van der Waals surface area contributed by atoms with Crippen LogP contribution >= 0.6 is 39.1 Å². The van der Waals surface area contributed by atoms with Crippen LogP contribution in [0.2, 0.25) is 10.3 Å². The molecule has 3 rings (SSSR count). The van der Waals surface area contributed by atoms with Crippen molar-refractivity contribution in [1.29, 1.82) is 0 Å². The molecule has 0 N–H and O–H groups in total. The highest BCUT2D eigenvalue weighted by atomic mass is 79.9. The molecule has 1 aliphatic carbocycles. The number of aromatic nitrogens is 4. The maximum atomic E-state index is 5.64. The van der Waals surface area contributed by atoms with Gasteiger partial charge in [0.15, 0.2) is 10.3 Å². The molecule has 0 unspecified atom stereocenters. The van der Waals surface area contributed by atoms with Gasteiger partial charge in [-0.25, -0.2) is 0 Å². The molecule has 0 amide bonds. The molecule has 2 aromatic rings. The lowest BCUT2D eigenvalue weighted by Crippen LogP contribution is -1.85. The van der Waals surface area contributed by atoms with Crippen molar-refractivity contribution in [1.82, 2.24) is 20.4 Å². The molecule has 18 heavy (non-hydrogen) atoms. The molecule has 0 radical (unpaired) electrons. The predicted molar refractivity (Wildman–Crippen MR) is 73.8 cm³/mol. The van der Waals surface area contributed by atoms with Gasteiger partial charge in [-0.1, -0.05) is 23.2 Å². The summed E-state index contributed by atoms with van der Waals surface area (Å²) in [5.41, 5.74) is 1.24. The van der Waals surface area contributed by atoms with Crippen LogP contribution in [0.1, 0.15) is 24.3 Å². The minimum Gasteiger partial charge on any atom is -0.157 e. The van der Waals surface area contributed by atoms with E-state index in [1.54, 1.807) is 18.5 Å². The van der Waals surface area contributed by atoms with Crippen LogP contribution in [0.4, 0.5) is 0 Å².